The van der Waals surface area contributed by atoms with Gasteiger partial charge in [-0.25, -0.2) is 0 Å². The van der Waals surface area contributed by atoms with Crippen molar-refractivity contribution in [2.75, 3.05) is 19.0 Å². The average Bonchev–Trinajstić information content (AvgIpc) is 2.84. The molecule has 1 N–H and O–H groups in total. The maximum absolute atomic E-state index is 6.70. The molecule has 0 saturated heterocycles. The molecule has 0 radical (unpaired) electrons. The van der Waals surface area contributed by atoms with Gasteiger partial charge in [0.15, 0.2) is 8.32 Å². The first-order chi connectivity index (χ1) is 11.3. The molecule has 0 bridgehead atoms. The number of fused-ring (bicyclic) bond motifs is 1. The summed E-state index contributed by atoms with van der Waals surface area (Å²) in [5.41, 5.74) is 2.29. The third-order valence-electron chi connectivity index (χ3n) is 4.04. The van der Waals surface area contributed by atoms with Gasteiger partial charge < -0.3 is 14.5 Å². The number of ether oxygens (including phenoxy) is 1. The third-order valence-corrected chi connectivity index (χ3v) is 5.63. The summed E-state index contributed by atoms with van der Waals surface area (Å²) in [5, 5.41) is 4.70. The van der Waals surface area contributed by atoms with E-state index in [4.69, 9.17) is 32.4 Å². The standard InChI is InChI=1S/C18H21Cl2NO2Si/c1-22-17-10-16-13(9-15(17)20)18(11-21-16,23-24(2,3)4)12-7-5-6-8-14(12)19/h5-10,21H,11H2,1-4H3. The first-order valence-electron chi connectivity index (χ1n) is 7.84. The van der Waals surface area contributed by atoms with E-state index in [2.05, 4.69) is 25.0 Å². The first kappa shape index (κ1) is 17.6. The van der Waals surface area contributed by atoms with Crippen LogP contribution in [0.3, 0.4) is 0 Å². The van der Waals surface area contributed by atoms with E-state index in [1.807, 2.05) is 36.4 Å². The van der Waals surface area contributed by atoms with Crippen molar-refractivity contribution in [1.82, 2.24) is 0 Å². The Labute approximate surface area is 154 Å². The van der Waals surface area contributed by atoms with Crippen molar-refractivity contribution in [2.24, 2.45) is 0 Å². The summed E-state index contributed by atoms with van der Waals surface area (Å²) in [6.07, 6.45) is 0. The van der Waals surface area contributed by atoms with Gasteiger partial charge >= 0.3 is 0 Å². The summed E-state index contributed by atoms with van der Waals surface area (Å²) < 4.78 is 12.0. The van der Waals surface area contributed by atoms with Crippen LogP contribution in [0.25, 0.3) is 0 Å². The number of rotatable bonds is 4. The summed E-state index contributed by atoms with van der Waals surface area (Å²) in [6.45, 7) is 7.14. The van der Waals surface area contributed by atoms with Gasteiger partial charge in [-0.2, -0.15) is 0 Å². The average molecular weight is 382 g/mol. The molecule has 1 atom stereocenters. The Hall–Kier alpha value is -1.20. The lowest BCUT2D eigenvalue weighted by molar-refractivity contribution is 0.124. The molecule has 0 fully saturated rings. The van der Waals surface area contributed by atoms with E-state index in [1.165, 1.54) is 0 Å². The minimum Gasteiger partial charge on any atom is -0.495 e. The van der Waals surface area contributed by atoms with Gasteiger partial charge in [-0.3, -0.25) is 0 Å². The Bertz CT molecular complexity index is 776. The van der Waals surface area contributed by atoms with Gasteiger partial charge in [-0.15, -0.1) is 0 Å². The molecule has 1 heterocycles. The molecule has 3 rings (SSSR count). The van der Waals surface area contributed by atoms with Gasteiger partial charge in [-0.05, 0) is 31.8 Å². The van der Waals surface area contributed by atoms with Crippen molar-refractivity contribution >= 4 is 37.2 Å². The molecule has 0 aromatic heterocycles. The van der Waals surface area contributed by atoms with E-state index in [0.29, 0.717) is 22.3 Å². The predicted molar refractivity (Wildman–Crippen MR) is 103 cm³/mol. The second-order valence-corrected chi connectivity index (χ2v) is 12.2. The summed E-state index contributed by atoms with van der Waals surface area (Å²) in [7, 11) is -0.268. The Morgan fingerprint density at radius 3 is 2.38 bits per heavy atom. The lowest BCUT2D eigenvalue weighted by Gasteiger charge is -2.37. The first-order valence-corrected chi connectivity index (χ1v) is 12.0. The highest BCUT2D eigenvalue weighted by Gasteiger charge is 2.46. The van der Waals surface area contributed by atoms with Crippen LogP contribution in [0.15, 0.2) is 36.4 Å². The predicted octanol–water partition coefficient (Wildman–Crippen LogP) is 5.52. The highest BCUT2D eigenvalue weighted by Crippen LogP contribution is 2.49. The van der Waals surface area contributed by atoms with Gasteiger partial charge in [0.1, 0.15) is 11.4 Å². The molecule has 0 spiro atoms. The molecule has 2 aromatic carbocycles. The van der Waals surface area contributed by atoms with Crippen molar-refractivity contribution in [3.63, 3.8) is 0 Å². The molecule has 1 aliphatic rings. The van der Waals surface area contributed by atoms with Gasteiger partial charge in [-0.1, -0.05) is 41.4 Å². The van der Waals surface area contributed by atoms with Crippen molar-refractivity contribution in [1.29, 1.82) is 0 Å². The van der Waals surface area contributed by atoms with Gasteiger partial charge in [0.25, 0.3) is 0 Å². The molecule has 128 valence electrons. The van der Waals surface area contributed by atoms with Crippen LogP contribution in [-0.4, -0.2) is 22.0 Å². The van der Waals surface area contributed by atoms with Crippen LogP contribution in [0.2, 0.25) is 29.7 Å². The van der Waals surface area contributed by atoms with Gasteiger partial charge in [0.05, 0.1) is 18.7 Å². The quantitative estimate of drug-likeness (QED) is 0.706. The maximum atomic E-state index is 6.70. The number of halogens is 2. The zero-order valence-corrected chi connectivity index (χ0v) is 16.8. The van der Waals surface area contributed by atoms with Gasteiger partial charge in [0.2, 0.25) is 0 Å². The summed E-state index contributed by atoms with van der Waals surface area (Å²) >= 11 is 12.9. The minimum absolute atomic E-state index is 0.565. The maximum Gasteiger partial charge on any atom is 0.185 e. The summed E-state index contributed by atoms with van der Waals surface area (Å²) in [6, 6.07) is 11.7. The second kappa shape index (κ2) is 6.26. The van der Waals surface area contributed by atoms with E-state index in [-0.39, 0.29) is 0 Å². The van der Waals surface area contributed by atoms with Crippen molar-refractivity contribution < 1.29 is 9.16 Å². The molecule has 1 aliphatic heterocycles. The van der Waals surface area contributed by atoms with Crippen LogP contribution in [0.4, 0.5) is 5.69 Å². The Kier molecular flexibility index (Phi) is 4.60. The van der Waals surface area contributed by atoms with E-state index in [1.54, 1.807) is 7.11 Å². The lowest BCUT2D eigenvalue weighted by atomic mass is 9.88. The van der Waals surface area contributed by atoms with Crippen LogP contribution < -0.4 is 10.1 Å². The van der Waals surface area contributed by atoms with E-state index in [0.717, 1.165) is 16.8 Å². The highest BCUT2D eigenvalue weighted by molar-refractivity contribution is 6.69. The molecule has 3 nitrogen and oxygen atoms in total. The van der Waals surface area contributed by atoms with Crippen LogP contribution in [0.5, 0.6) is 5.75 Å². The molecule has 2 aromatic rings. The number of anilines is 1. The normalized spacial score (nSPS) is 19.8. The number of hydrogen-bond acceptors (Lipinski definition) is 3. The lowest BCUT2D eigenvalue weighted by Crippen LogP contribution is -2.43. The van der Waals surface area contributed by atoms with Crippen LogP contribution in [0.1, 0.15) is 11.1 Å². The largest absolute Gasteiger partial charge is 0.495 e. The van der Waals surface area contributed by atoms with Crippen molar-refractivity contribution in [3.8, 4) is 5.75 Å². The smallest absolute Gasteiger partial charge is 0.185 e. The SMILES string of the molecule is COc1cc2c(cc1Cl)C(O[Si](C)(C)C)(c1ccccc1Cl)CN2. The Balaban J connectivity index is 2.24. The van der Waals surface area contributed by atoms with Crippen LogP contribution >= 0.6 is 23.2 Å². The second-order valence-electron chi connectivity index (χ2n) is 6.91. The molecule has 1 unspecified atom stereocenters. The molecule has 0 aliphatic carbocycles. The third kappa shape index (κ3) is 3.04. The fraction of sp³-hybridized carbons (Fsp3) is 0.333. The Morgan fingerprint density at radius 2 is 1.75 bits per heavy atom. The molecule has 6 heteroatoms. The number of hydrogen-bond donors (Lipinski definition) is 1. The summed E-state index contributed by atoms with van der Waals surface area (Å²) in [4.78, 5) is 0. The zero-order valence-electron chi connectivity index (χ0n) is 14.2. The molecular weight excluding hydrogens is 361 g/mol. The van der Waals surface area contributed by atoms with E-state index in [9.17, 15) is 0 Å². The molecule has 24 heavy (non-hydrogen) atoms. The van der Waals surface area contributed by atoms with Crippen LogP contribution in [0, 0.1) is 0 Å². The van der Waals surface area contributed by atoms with E-state index >= 15 is 0 Å². The minimum atomic E-state index is -1.88. The van der Waals surface area contributed by atoms with Crippen LogP contribution in [-0.2, 0) is 10.0 Å². The number of nitrogens with one attached hydrogen (secondary N) is 1. The Morgan fingerprint density at radius 1 is 1.04 bits per heavy atom. The monoisotopic (exact) mass is 381 g/mol. The topological polar surface area (TPSA) is 30.5 Å². The van der Waals surface area contributed by atoms with Gasteiger partial charge in [0, 0.05) is 27.9 Å². The van der Waals surface area contributed by atoms with E-state index < -0.39 is 13.9 Å². The molecule has 0 saturated carbocycles. The molecule has 0 amide bonds. The summed E-state index contributed by atoms with van der Waals surface area (Å²) in [5.74, 6) is 0.644. The fourth-order valence-electron chi connectivity index (χ4n) is 3.20. The molecular formula is C18H21Cl2NO2Si. The fourth-order valence-corrected chi connectivity index (χ4v) is 5.07. The highest BCUT2D eigenvalue weighted by atomic mass is 35.5. The zero-order chi connectivity index (χ0) is 17.5. The van der Waals surface area contributed by atoms with Crippen molar-refractivity contribution in [2.45, 2.75) is 25.2 Å². The van der Waals surface area contributed by atoms with Crippen molar-refractivity contribution in [3.05, 3.63) is 57.6 Å². The number of methoxy groups -OCH3 is 1. The number of benzene rings is 2.